The Morgan fingerprint density at radius 1 is 0.889 bits per heavy atom. The van der Waals surface area contributed by atoms with E-state index in [1.165, 1.54) is 5.69 Å². The SMILES string of the molecule is Cc1nc(N2CCN(c3ccc(Cl)cc3)CC2)c2oc3ccccc3c2n1. The highest BCUT2D eigenvalue weighted by Gasteiger charge is 2.23. The Balaban J connectivity index is 1.47. The van der Waals surface area contributed by atoms with Crippen molar-refractivity contribution >= 4 is 45.2 Å². The third-order valence-electron chi connectivity index (χ3n) is 5.08. The first-order valence-electron chi connectivity index (χ1n) is 9.10. The fourth-order valence-corrected chi connectivity index (χ4v) is 3.85. The van der Waals surface area contributed by atoms with Crippen molar-refractivity contribution in [1.82, 2.24) is 9.97 Å². The number of para-hydroxylation sites is 1. The van der Waals surface area contributed by atoms with Crippen LogP contribution in [-0.4, -0.2) is 36.1 Å². The number of fused-ring (bicyclic) bond motifs is 3. The van der Waals surface area contributed by atoms with E-state index in [4.69, 9.17) is 21.0 Å². The minimum atomic E-state index is 0.765. The minimum absolute atomic E-state index is 0.765. The van der Waals surface area contributed by atoms with Gasteiger partial charge in [0.15, 0.2) is 11.4 Å². The van der Waals surface area contributed by atoms with Crippen molar-refractivity contribution in [3.63, 3.8) is 0 Å². The first-order chi connectivity index (χ1) is 13.2. The van der Waals surface area contributed by atoms with E-state index >= 15 is 0 Å². The van der Waals surface area contributed by atoms with Crippen molar-refractivity contribution in [2.45, 2.75) is 6.92 Å². The molecule has 0 spiro atoms. The molecule has 1 fully saturated rings. The Hall–Kier alpha value is -2.79. The lowest BCUT2D eigenvalue weighted by atomic mass is 10.2. The first kappa shape index (κ1) is 16.4. The van der Waals surface area contributed by atoms with Crippen molar-refractivity contribution in [2.24, 2.45) is 0 Å². The largest absolute Gasteiger partial charge is 0.450 e. The van der Waals surface area contributed by atoms with Gasteiger partial charge in [0.2, 0.25) is 0 Å². The number of nitrogens with zero attached hydrogens (tertiary/aromatic N) is 4. The van der Waals surface area contributed by atoms with E-state index in [1.54, 1.807) is 0 Å². The highest BCUT2D eigenvalue weighted by atomic mass is 35.5. The van der Waals surface area contributed by atoms with Crippen LogP contribution in [0.15, 0.2) is 52.9 Å². The predicted octanol–water partition coefficient (Wildman–Crippen LogP) is 4.66. The maximum atomic E-state index is 6.12. The summed E-state index contributed by atoms with van der Waals surface area (Å²) in [5.74, 6) is 1.66. The molecular formula is C21H19ClN4O. The predicted molar refractivity (Wildman–Crippen MR) is 110 cm³/mol. The number of anilines is 2. The van der Waals surface area contributed by atoms with E-state index in [1.807, 2.05) is 37.3 Å². The number of aromatic nitrogens is 2. The molecule has 0 atom stereocenters. The van der Waals surface area contributed by atoms with E-state index in [-0.39, 0.29) is 0 Å². The highest BCUT2D eigenvalue weighted by Crippen LogP contribution is 2.33. The third-order valence-corrected chi connectivity index (χ3v) is 5.34. The lowest BCUT2D eigenvalue weighted by Crippen LogP contribution is -2.47. The Kier molecular flexibility index (Phi) is 3.90. The van der Waals surface area contributed by atoms with E-state index in [9.17, 15) is 0 Å². The van der Waals surface area contributed by atoms with Gasteiger partial charge in [0.1, 0.15) is 16.9 Å². The molecule has 2 aromatic heterocycles. The van der Waals surface area contributed by atoms with Crippen molar-refractivity contribution < 1.29 is 4.42 Å². The van der Waals surface area contributed by atoms with Crippen LogP contribution in [0, 0.1) is 6.92 Å². The normalized spacial score (nSPS) is 15.0. The van der Waals surface area contributed by atoms with Crippen molar-refractivity contribution in [1.29, 1.82) is 0 Å². The summed E-state index contributed by atoms with van der Waals surface area (Å²) in [6.07, 6.45) is 0. The van der Waals surface area contributed by atoms with Crippen LogP contribution in [0.1, 0.15) is 5.82 Å². The summed E-state index contributed by atoms with van der Waals surface area (Å²) < 4.78 is 6.12. The molecule has 0 unspecified atom stereocenters. The van der Waals surface area contributed by atoms with Gasteiger partial charge in [-0.25, -0.2) is 9.97 Å². The van der Waals surface area contributed by atoms with Gasteiger partial charge in [-0.05, 0) is 43.3 Å². The quantitative estimate of drug-likeness (QED) is 0.507. The van der Waals surface area contributed by atoms with Crippen LogP contribution in [0.25, 0.3) is 22.1 Å². The zero-order valence-electron chi connectivity index (χ0n) is 15.0. The summed E-state index contributed by atoms with van der Waals surface area (Å²) in [5, 5.41) is 1.81. The average molecular weight is 379 g/mol. The van der Waals surface area contributed by atoms with E-state index < -0.39 is 0 Å². The molecule has 1 aliphatic rings. The minimum Gasteiger partial charge on any atom is -0.450 e. The molecule has 0 radical (unpaired) electrons. The standard InChI is InChI=1S/C21H19ClN4O/c1-14-23-19-17-4-2-3-5-18(17)27-20(19)21(24-14)26-12-10-25(11-13-26)16-8-6-15(22)7-9-16/h2-9H,10-13H2,1H3. The third kappa shape index (κ3) is 2.88. The van der Waals surface area contributed by atoms with Crippen molar-refractivity contribution in [2.75, 3.05) is 36.0 Å². The highest BCUT2D eigenvalue weighted by molar-refractivity contribution is 6.30. The molecule has 27 heavy (non-hydrogen) atoms. The molecule has 0 amide bonds. The number of piperazine rings is 1. The molecule has 3 heterocycles. The van der Waals surface area contributed by atoms with Gasteiger partial charge in [0.25, 0.3) is 0 Å². The van der Waals surface area contributed by atoms with Crippen LogP contribution >= 0.6 is 11.6 Å². The van der Waals surface area contributed by atoms with Crippen LogP contribution in [0.2, 0.25) is 5.02 Å². The summed E-state index contributed by atoms with van der Waals surface area (Å²) >= 11 is 6.01. The molecular weight excluding hydrogens is 360 g/mol. The van der Waals surface area contributed by atoms with E-state index in [0.717, 1.165) is 64.9 Å². The number of aryl methyl sites for hydroxylation is 1. The lowest BCUT2D eigenvalue weighted by Gasteiger charge is -2.36. The molecule has 4 aromatic rings. The topological polar surface area (TPSA) is 45.4 Å². The first-order valence-corrected chi connectivity index (χ1v) is 9.48. The van der Waals surface area contributed by atoms with Crippen LogP contribution in [0.3, 0.4) is 0 Å². The molecule has 2 aromatic carbocycles. The van der Waals surface area contributed by atoms with Gasteiger partial charge in [0.05, 0.1) is 0 Å². The van der Waals surface area contributed by atoms with E-state index in [0.29, 0.717) is 0 Å². The number of hydrogen-bond donors (Lipinski definition) is 0. The lowest BCUT2D eigenvalue weighted by molar-refractivity contribution is 0.628. The number of hydrogen-bond acceptors (Lipinski definition) is 5. The number of benzene rings is 2. The van der Waals surface area contributed by atoms with Gasteiger partial charge in [-0.1, -0.05) is 23.7 Å². The molecule has 1 aliphatic heterocycles. The maximum Gasteiger partial charge on any atom is 0.196 e. The Labute approximate surface area is 162 Å². The van der Waals surface area contributed by atoms with E-state index in [2.05, 4.69) is 33.0 Å². The molecule has 0 bridgehead atoms. The summed E-state index contributed by atoms with van der Waals surface area (Å²) in [6, 6.07) is 16.1. The zero-order chi connectivity index (χ0) is 18.4. The Bertz CT molecular complexity index is 1110. The second-order valence-electron chi connectivity index (χ2n) is 6.82. The molecule has 5 rings (SSSR count). The van der Waals surface area contributed by atoms with Crippen LogP contribution in [0.5, 0.6) is 0 Å². The monoisotopic (exact) mass is 378 g/mol. The molecule has 0 N–H and O–H groups in total. The van der Waals surface area contributed by atoms with Gasteiger partial charge >= 0.3 is 0 Å². The molecule has 5 nitrogen and oxygen atoms in total. The summed E-state index contributed by atoms with van der Waals surface area (Å²) in [6.45, 7) is 5.55. The van der Waals surface area contributed by atoms with Gasteiger partial charge < -0.3 is 14.2 Å². The molecule has 136 valence electrons. The number of halogens is 1. The zero-order valence-corrected chi connectivity index (χ0v) is 15.8. The van der Waals surface area contributed by atoms with Gasteiger partial charge in [0, 0.05) is 42.3 Å². The van der Waals surface area contributed by atoms with Crippen LogP contribution < -0.4 is 9.80 Å². The van der Waals surface area contributed by atoms with Gasteiger partial charge in [-0.2, -0.15) is 0 Å². The maximum absolute atomic E-state index is 6.12. The summed E-state index contributed by atoms with van der Waals surface area (Å²) in [5.41, 5.74) is 3.73. The Morgan fingerprint density at radius 2 is 1.59 bits per heavy atom. The molecule has 0 aliphatic carbocycles. The number of furan rings is 1. The second kappa shape index (κ2) is 6.43. The number of rotatable bonds is 2. The van der Waals surface area contributed by atoms with Crippen LogP contribution in [-0.2, 0) is 0 Å². The van der Waals surface area contributed by atoms with Crippen molar-refractivity contribution in [3.05, 3.63) is 59.4 Å². The molecule has 1 saturated heterocycles. The van der Waals surface area contributed by atoms with Gasteiger partial charge in [-0.15, -0.1) is 0 Å². The fraction of sp³-hybridized carbons (Fsp3) is 0.238. The Morgan fingerprint density at radius 3 is 2.37 bits per heavy atom. The average Bonchev–Trinajstić information content (AvgIpc) is 3.07. The van der Waals surface area contributed by atoms with Gasteiger partial charge in [-0.3, -0.25) is 0 Å². The smallest absolute Gasteiger partial charge is 0.196 e. The molecule has 6 heteroatoms. The molecule has 0 saturated carbocycles. The fourth-order valence-electron chi connectivity index (χ4n) is 3.73. The van der Waals surface area contributed by atoms with Crippen LogP contribution in [0.4, 0.5) is 11.5 Å². The second-order valence-corrected chi connectivity index (χ2v) is 7.26. The summed E-state index contributed by atoms with van der Waals surface area (Å²) in [7, 11) is 0. The van der Waals surface area contributed by atoms with Crippen molar-refractivity contribution in [3.8, 4) is 0 Å². The summed E-state index contributed by atoms with van der Waals surface area (Å²) in [4.78, 5) is 14.0.